The highest BCUT2D eigenvalue weighted by Crippen LogP contribution is 2.26. The van der Waals surface area contributed by atoms with E-state index in [1.54, 1.807) is 6.07 Å². The molecule has 0 fully saturated rings. The molecule has 2 aromatic rings. The standard InChI is InChI=1S/C15H16FNO/c1-11-3-6-14(7-4-11)18-15-8-5-13(16)9-12(15)10-17-2/h3-9,17H,10H2,1-2H3. The summed E-state index contributed by atoms with van der Waals surface area (Å²) in [4.78, 5) is 0. The van der Waals surface area contributed by atoms with Gasteiger partial charge in [0.2, 0.25) is 0 Å². The fourth-order valence-corrected chi connectivity index (χ4v) is 1.71. The molecule has 0 saturated heterocycles. The van der Waals surface area contributed by atoms with E-state index in [9.17, 15) is 4.39 Å². The molecule has 0 aliphatic heterocycles. The summed E-state index contributed by atoms with van der Waals surface area (Å²) in [5.74, 6) is 1.18. The van der Waals surface area contributed by atoms with E-state index in [-0.39, 0.29) is 5.82 Å². The minimum absolute atomic E-state index is 0.253. The van der Waals surface area contributed by atoms with Gasteiger partial charge in [-0.1, -0.05) is 17.7 Å². The van der Waals surface area contributed by atoms with Crippen molar-refractivity contribution in [1.82, 2.24) is 5.32 Å². The predicted octanol–water partition coefficient (Wildman–Crippen LogP) is 3.65. The van der Waals surface area contributed by atoms with Crippen LogP contribution in [0.2, 0.25) is 0 Å². The Bertz CT molecular complexity index is 523. The maximum atomic E-state index is 13.2. The second-order valence-corrected chi connectivity index (χ2v) is 4.20. The predicted molar refractivity (Wildman–Crippen MR) is 70.4 cm³/mol. The average molecular weight is 245 g/mol. The zero-order valence-electron chi connectivity index (χ0n) is 10.5. The smallest absolute Gasteiger partial charge is 0.132 e. The number of ether oxygens (including phenoxy) is 1. The van der Waals surface area contributed by atoms with Gasteiger partial charge in [-0.25, -0.2) is 4.39 Å². The number of hydrogen-bond acceptors (Lipinski definition) is 2. The third kappa shape index (κ3) is 3.08. The largest absolute Gasteiger partial charge is 0.457 e. The van der Waals surface area contributed by atoms with Gasteiger partial charge in [0.1, 0.15) is 17.3 Å². The Morgan fingerprint density at radius 1 is 1.11 bits per heavy atom. The van der Waals surface area contributed by atoms with Crippen LogP contribution in [0.3, 0.4) is 0 Å². The Hall–Kier alpha value is -1.87. The average Bonchev–Trinajstić information content (AvgIpc) is 2.36. The molecular formula is C15H16FNO. The van der Waals surface area contributed by atoms with Crippen LogP contribution in [0.1, 0.15) is 11.1 Å². The highest BCUT2D eigenvalue weighted by molar-refractivity contribution is 5.38. The summed E-state index contributed by atoms with van der Waals surface area (Å²) < 4.78 is 18.9. The zero-order valence-corrected chi connectivity index (χ0v) is 10.5. The van der Waals surface area contributed by atoms with Gasteiger partial charge in [0.15, 0.2) is 0 Å². The van der Waals surface area contributed by atoms with Crippen LogP contribution >= 0.6 is 0 Å². The lowest BCUT2D eigenvalue weighted by Crippen LogP contribution is -2.06. The second-order valence-electron chi connectivity index (χ2n) is 4.20. The van der Waals surface area contributed by atoms with Gasteiger partial charge in [-0.2, -0.15) is 0 Å². The van der Waals surface area contributed by atoms with Crippen LogP contribution in [-0.4, -0.2) is 7.05 Å². The maximum absolute atomic E-state index is 13.2. The van der Waals surface area contributed by atoms with E-state index < -0.39 is 0 Å². The van der Waals surface area contributed by atoms with Crippen molar-refractivity contribution in [3.8, 4) is 11.5 Å². The molecule has 1 N–H and O–H groups in total. The molecule has 0 aliphatic carbocycles. The summed E-state index contributed by atoms with van der Waals surface area (Å²) in [6, 6.07) is 12.3. The van der Waals surface area contributed by atoms with Crippen LogP contribution in [0, 0.1) is 12.7 Å². The van der Waals surface area contributed by atoms with Crippen LogP contribution in [-0.2, 0) is 6.54 Å². The Morgan fingerprint density at radius 3 is 2.50 bits per heavy atom. The number of benzene rings is 2. The minimum atomic E-state index is -0.253. The molecule has 3 heteroatoms. The maximum Gasteiger partial charge on any atom is 0.132 e. The molecule has 0 bridgehead atoms. The van der Waals surface area contributed by atoms with Crippen LogP contribution in [0.15, 0.2) is 42.5 Å². The number of hydrogen-bond donors (Lipinski definition) is 1. The first kappa shape index (κ1) is 12.6. The quantitative estimate of drug-likeness (QED) is 0.887. The SMILES string of the molecule is CNCc1cc(F)ccc1Oc1ccc(C)cc1. The molecule has 94 valence electrons. The lowest BCUT2D eigenvalue weighted by molar-refractivity contribution is 0.471. The fraction of sp³-hybridized carbons (Fsp3) is 0.200. The highest BCUT2D eigenvalue weighted by Gasteiger charge is 2.06. The molecule has 0 saturated carbocycles. The van der Waals surface area contributed by atoms with Crippen LogP contribution in [0.25, 0.3) is 0 Å². The third-order valence-corrected chi connectivity index (χ3v) is 2.64. The van der Waals surface area contributed by atoms with E-state index in [4.69, 9.17) is 4.74 Å². The summed E-state index contributed by atoms with van der Waals surface area (Å²) >= 11 is 0. The molecule has 0 spiro atoms. The summed E-state index contributed by atoms with van der Waals surface area (Å²) in [5, 5.41) is 3.00. The van der Waals surface area contributed by atoms with E-state index in [0.717, 1.165) is 11.3 Å². The molecule has 0 aliphatic rings. The molecule has 0 radical (unpaired) electrons. The third-order valence-electron chi connectivity index (χ3n) is 2.64. The summed E-state index contributed by atoms with van der Waals surface area (Å²) in [5.41, 5.74) is 1.98. The summed E-state index contributed by atoms with van der Waals surface area (Å²) in [7, 11) is 1.82. The normalized spacial score (nSPS) is 10.4. The van der Waals surface area contributed by atoms with Gasteiger partial charge in [-0.15, -0.1) is 0 Å². The first-order valence-electron chi connectivity index (χ1n) is 5.86. The topological polar surface area (TPSA) is 21.3 Å². The molecule has 2 rings (SSSR count). The first-order chi connectivity index (χ1) is 8.69. The van der Waals surface area contributed by atoms with Gasteiger partial charge in [-0.05, 0) is 44.3 Å². The molecular weight excluding hydrogens is 229 g/mol. The molecule has 2 aromatic carbocycles. The molecule has 0 aromatic heterocycles. The van der Waals surface area contributed by atoms with E-state index >= 15 is 0 Å². The highest BCUT2D eigenvalue weighted by atomic mass is 19.1. The lowest BCUT2D eigenvalue weighted by atomic mass is 10.2. The van der Waals surface area contributed by atoms with Gasteiger partial charge in [0.05, 0.1) is 0 Å². The van der Waals surface area contributed by atoms with Crippen molar-refractivity contribution in [1.29, 1.82) is 0 Å². The molecule has 0 heterocycles. The van der Waals surface area contributed by atoms with Crippen molar-refractivity contribution in [3.63, 3.8) is 0 Å². The first-order valence-corrected chi connectivity index (χ1v) is 5.86. The number of nitrogens with one attached hydrogen (secondary N) is 1. The van der Waals surface area contributed by atoms with Gasteiger partial charge in [0, 0.05) is 12.1 Å². The van der Waals surface area contributed by atoms with Crippen LogP contribution < -0.4 is 10.1 Å². The molecule has 18 heavy (non-hydrogen) atoms. The lowest BCUT2D eigenvalue weighted by Gasteiger charge is -2.11. The van der Waals surface area contributed by atoms with E-state index in [1.165, 1.54) is 17.7 Å². The van der Waals surface area contributed by atoms with Crippen molar-refractivity contribution >= 4 is 0 Å². The van der Waals surface area contributed by atoms with Gasteiger partial charge >= 0.3 is 0 Å². The van der Waals surface area contributed by atoms with E-state index in [0.29, 0.717) is 12.3 Å². The Balaban J connectivity index is 2.25. The van der Waals surface area contributed by atoms with Gasteiger partial charge < -0.3 is 10.1 Å². The Morgan fingerprint density at radius 2 is 1.83 bits per heavy atom. The second kappa shape index (κ2) is 5.65. The fourth-order valence-electron chi connectivity index (χ4n) is 1.71. The van der Waals surface area contributed by atoms with Crippen LogP contribution in [0.5, 0.6) is 11.5 Å². The van der Waals surface area contributed by atoms with Gasteiger partial charge in [0.25, 0.3) is 0 Å². The summed E-state index contributed by atoms with van der Waals surface area (Å²) in [6.45, 7) is 2.59. The summed E-state index contributed by atoms with van der Waals surface area (Å²) in [6.07, 6.45) is 0. The number of aryl methyl sites for hydroxylation is 1. The minimum Gasteiger partial charge on any atom is -0.457 e. The van der Waals surface area contributed by atoms with Crippen LogP contribution in [0.4, 0.5) is 4.39 Å². The zero-order chi connectivity index (χ0) is 13.0. The molecule has 2 nitrogen and oxygen atoms in total. The van der Waals surface area contributed by atoms with E-state index in [1.807, 2.05) is 38.2 Å². The Kier molecular flexibility index (Phi) is 3.95. The van der Waals surface area contributed by atoms with Gasteiger partial charge in [-0.3, -0.25) is 0 Å². The van der Waals surface area contributed by atoms with E-state index in [2.05, 4.69) is 5.32 Å². The number of rotatable bonds is 4. The molecule has 0 amide bonds. The molecule has 0 atom stereocenters. The van der Waals surface area contributed by atoms with Crippen molar-refractivity contribution in [2.45, 2.75) is 13.5 Å². The van der Waals surface area contributed by atoms with Crippen molar-refractivity contribution in [2.75, 3.05) is 7.05 Å². The Labute approximate surface area is 106 Å². The van der Waals surface area contributed by atoms with Crippen molar-refractivity contribution in [2.24, 2.45) is 0 Å². The van der Waals surface area contributed by atoms with Crippen molar-refractivity contribution in [3.05, 3.63) is 59.4 Å². The molecule has 0 unspecified atom stereocenters. The number of halogens is 1. The monoisotopic (exact) mass is 245 g/mol. The van der Waals surface area contributed by atoms with Crippen molar-refractivity contribution < 1.29 is 9.13 Å².